The van der Waals surface area contributed by atoms with Gasteiger partial charge < -0.3 is 15.7 Å². The van der Waals surface area contributed by atoms with Crippen molar-refractivity contribution in [2.45, 2.75) is 26.4 Å². The first-order valence-corrected chi connectivity index (χ1v) is 7.11. The summed E-state index contributed by atoms with van der Waals surface area (Å²) >= 11 is 4.91. The molecule has 2 unspecified atom stereocenters. The van der Waals surface area contributed by atoms with Gasteiger partial charge in [-0.25, -0.2) is 0 Å². The summed E-state index contributed by atoms with van der Waals surface area (Å²) < 4.78 is 0. The van der Waals surface area contributed by atoms with Gasteiger partial charge in [-0.3, -0.25) is 0 Å². The Labute approximate surface area is 121 Å². The van der Waals surface area contributed by atoms with Gasteiger partial charge in [0.25, 0.3) is 0 Å². The van der Waals surface area contributed by atoms with Crippen LogP contribution in [-0.2, 0) is 0 Å². The molecule has 106 valence electrons. The molecule has 0 heterocycles. The molecule has 1 aromatic rings. The van der Waals surface area contributed by atoms with E-state index in [1.54, 1.807) is 0 Å². The summed E-state index contributed by atoms with van der Waals surface area (Å²) in [5, 5.41) is 10.2. The first-order valence-electron chi connectivity index (χ1n) is 6.70. The zero-order valence-corrected chi connectivity index (χ0v) is 12.8. The average molecular weight is 280 g/mol. The molecule has 0 radical (unpaired) electrons. The van der Waals surface area contributed by atoms with Crippen LogP contribution in [0, 0.1) is 5.92 Å². The number of hydrogen-bond acceptors (Lipinski definition) is 3. The lowest BCUT2D eigenvalue weighted by molar-refractivity contribution is 0.119. The topological polar surface area (TPSA) is 49.5 Å². The number of likely N-dealkylation sites (N-methyl/N-ethyl adjacent to an activating group) is 1. The maximum atomic E-state index is 10.2. The first-order chi connectivity index (χ1) is 8.93. The van der Waals surface area contributed by atoms with Crippen LogP contribution >= 0.6 is 12.2 Å². The standard InChI is InChI=1S/C15H24N2OS/c1-4-11(2)9-17(3)10-14(18)12-5-7-13(8-6-12)15(16)19/h5-8,11,14,18H,4,9-10H2,1-3H3,(H2,16,19). The Hall–Kier alpha value is -0.970. The third kappa shape index (κ3) is 5.27. The van der Waals surface area contributed by atoms with Crippen molar-refractivity contribution < 1.29 is 5.11 Å². The van der Waals surface area contributed by atoms with E-state index in [1.807, 2.05) is 31.3 Å². The third-order valence-corrected chi connectivity index (χ3v) is 3.62. The van der Waals surface area contributed by atoms with E-state index in [-0.39, 0.29) is 0 Å². The van der Waals surface area contributed by atoms with E-state index in [0.29, 0.717) is 17.5 Å². The zero-order chi connectivity index (χ0) is 14.4. The molecule has 0 bridgehead atoms. The van der Waals surface area contributed by atoms with Crippen LogP contribution in [0.1, 0.15) is 37.5 Å². The van der Waals surface area contributed by atoms with E-state index in [4.69, 9.17) is 18.0 Å². The molecule has 0 amide bonds. The van der Waals surface area contributed by atoms with Crippen LogP contribution in [0.25, 0.3) is 0 Å². The van der Waals surface area contributed by atoms with Crippen LogP contribution in [0.4, 0.5) is 0 Å². The van der Waals surface area contributed by atoms with Gasteiger partial charge >= 0.3 is 0 Å². The second kappa shape index (κ2) is 7.58. The largest absolute Gasteiger partial charge is 0.389 e. The number of rotatable bonds is 7. The average Bonchev–Trinajstić information content (AvgIpc) is 2.38. The maximum absolute atomic E-state index is 10.2. The molecule has 1 rings (SSSR count). The van der Waals surface area contributed by atoms with Crippen molar-refractivity contribution in [1.29, 1.82) is 0 Å². The van der Waals surface area contributed by atoms with E-state index in [2.05, 4.69) is 18.7 Å². The van der Waals surface area contributed by atoms with Gasteiger partial charge in [0.2, 0.25) is 0 Å². The highest BCUT2D eigenvalue weighted by Gasteiger charge is 2.12. The van der Waals surface area contributed by atoms with Gasteiger partial charge in [0, 0.05) is 18.7 Å². The molecule has 0 aliphatic heterocycles. The molecule has 0 aliphatic carbocycles. The predicted octanol–water partition coefficient (Wildman–Crippen LogP) is 2.33. The minimum Gasteiger partial charge on any atom is -0.389 e. The quantitative estimate of drug-likeness (QED) is 0.753. The third-order valence-electron chi connectivity index (χ3n) is 3.38. The number of benzene rings is 1. The SMILES string of the molecule is CCC(C)CN(C)CC(O)c1ccc(C(N)=S)cc1. The van der Waals surface area contributed by atoms with Gasteiger partial charge in [-0.15, -0.1) is 0 Å². The van der Waals surface area contributed by atoms with E-state index in [9.17, 15) is 5.11 Å². The molecule has 0 spiro atoms. The molecule has 0 aliphatic rings. The second-order valence-corrected chi connectivity index (χ2v) is 5.68. The Balaban J connectivity index is 2.57. The molecule has 3 N–H and O–H groups in total. The molecule has 0 saturated carbocycles. The highest BCUT2D eigenvalue weighted by atomic mass is 32.1. The second-order valence-electron chi connectivity index (χ2n) is 5.24. The Morgan fingerprint density at radius 1 is 1.32 bits per heavy atom. The lowest BCUT2D eigenvalue weighted by atomic mass is 10.1. The smallest absolute Gasteiger partial charge is 0.103 e. The summed E-state index contributed by atoms with van der Waals surface area (Å²) in [6, 6.07) is 7.48. The highest BCUT2D eigenvalue weighted by molar-refractivity contribution is 7.80. The summed E-state index contributed by atoms with van der Waals surface area (Å²) in [5.74, 6) is 0.647. The molecular weight excluding hydrogens is 256 g/mol. The lowest BCUT2D eigenvalue weighted by Crippen LogP contribution is -2.28. The lowest BCUT2D eigenvalue weighted by Gasteiger charge is -2.23. The number of aliphatic hydroxyl groups excluding tert-OH is 1. The normalized spacial score (nSPS) is 14.4. The molecular formula is C15H24N2OS. The summed E-state index contributed by atoms with van der Waals surface area (Å²) in [6.07, 6.45) is 0.678. The summed E-state index contributed by atoms with van der Waals surface area (Å²) in [5.41, 5.74) is 7.28. The first kappa shape index (κ1) is 16.1. The van der Waals surface area contributed by atoms with Crippen LogP contribution in [-0.4, -0.2) is 35.1 Å². The van der Waals surface area contributed by atoms with Crippen molar-refractivity contribution in [2.24, 2.45) is 11.7 Å². The van der Waals surface area contributed by atoms with Crippen molar-refractivity contribution in [3.8, 4) is 0 Å². The number of nitrogens with zero attached hydrogens (tertiary/aromatic N) is 1. The fourth-order valence-electron chi connectivity index (χ4n) is 2.01. The van der Waals surface area contributed by atoms with Gasteiger partial charge in [0.1, 0.15) is 4.99 Å². The highest BCUT2D eigenvalue weighted by Crippen LogP contribution is 2.15. The molecule has 1 aromatic carbocycles. The molecule has 0 aromatic heterocycles. The minimum atomic E-state index is -0.477. The fraction of sp³-hybridized carbons (Fsp3) is 0.533. The van der Waals surface area contributed by atoms with Crippen molar-refractivity contribution in [2.75, 3.05) is 20.1 Å². The maximum Gasteiger partial charge on any atom is 0.103 e. The Morgan fingerprint density at radius 2 is 1.89 bits per heavy atom. The van der Waals surface area contributed by atoms with Crippen molar-refractivity contribution in [3.05, 3.63) is 35.4 Å². The Morgan fingerprint density at radius 3 is 2.37 bits per heavy atom. The van der Waals surface area contributed by atoms with Crippen molar-refractivity contribution >= 4 is 17.2 Å². The molecule has 19 heavy (non-hydrogen) atoms. The van der Waals surface area contributed by atoms with Gasteiger partial charge in [0.15, 0.2) is 0 Å². The van der Waals surface area contributed by atoms with Crippen LogP contribution in [0.2, 0.25) is 0 Å². The summed E-state index contributed by atoms with van der Waals surface area (Å²) in [6.45, 7) is 6.04. The molecule has 3 nitrogen and oxygen atoms in total. The van der Waals surface area contributed by atoms with E-state index >= 15 is 0 Å². The van der Waals surface area contributed by atoms with Gasteiger partial charge in [0.05, 0.1) is 6.10 Å². The van der Waals surface area contributed by atoms with Crippen LogP contribution in [0.15, 0.2) is 24.3 Å². The Kier molecular flexibility index (Phi) is 6.42. The number of aliphatic hydroxyl groups is 1. The van der Waals surface area contributed by atoms with E-state index in [0.717, 1.165) is 24.1 Å². The van der Waals surface area contributed by atoms with Crippen molar-refractivity contribution in [1.82, 2.24) is 4.90 Å². The summed E-state index contributed by atoms with van der Waals surface area (Å²) in [4.78, 5) is 2.55. The fourth-order valence-corrected chi connectivity index (χ4v) is 2.14. The zero-order valence-electron chi connectivity index (χ0n) is 12.0. The van der Waals surface area contributed by atoms with Crippen LogP contribution < -0.4 is 5.73 Å². The predicted molar refractivity (Wildman–Crippen MR) is 84.2 cm³/mol. The number of thiocarbonyl (C=S) groups is 1. The minimum absolute atomic E-state index is 0.384. The summed E-state index contributed by atoms with van der Waals surface area (Å²) in [7, 11) is 2.04. The van der Waals surface area contributed by atoms with Crippen molar-refractivity contribution in [3.63, 3.8) is 0 Å². The van der Waals surface area contributed by atoms with E-state index < -0.39 is 6.10 Å². The molecule has 4 heteroatoms. The van der Waals surface area contributed by atoms with Crippen LogP contribution in [0.3, 0.4) is 0 Å². The van der Waals surface area contributed by atoms with Gasteiger partial charge in [-0.05, 0) is 18.5 Å². The molecule has 2 atom stereocenters. The monoisotopic (exact) mass is 280 g/mol. The van der Waals surface area contributed by atoms with E-state index in [1.165, 1.54) is 0 Å². The Bertz CT molecular complexity index is 405. The number of nitrogens with two attached hydrogens (primary N) is 1. The molecule has 0 fully saturated rings. The number of hydrogen-bond donors (Lipinski definition) is 2. The van der Waals surface area contributed by atoms with Gasteiger partial charge in [-0.1, -0.05) is 56.8 Å². The molecule has 0 saturated heterocycles. The van der Waals surface area contributed by atoms with Crippen LogP contribution in [0.5, 0.6) is 0 Å². The van der Waals surface area contributed by atoms with Gasteiger partial charge in [-0.2, -0.15) is 0 Å².